The fourth-order valence-electron chi connectivity index (χ4n) is 2.29. The van der Waals surface area contributed by atoms with Crippen molar-refractivity contribution in [3.8, 4) is 0 Å². The summed E-state index contributed by atoms with van der Waals surface area (Å²) in [4.78, 5) is 4.52. The van der Waals surface area contributed by atoms with Gasteiger partial charge in [-0.2, -0.15) is 0 Å². The monoisotopic (exact) mass is 220 g/mol. The highest BCUT2D eigenvalue weighted by Crippen LogP contribution is 2.27. The van der Waals surface area contributed by atoms with Crippen molar-refractivity contribution in [2.45, 2.75) is 40.0 Å². The topological polar surface area (TPSA) is 17.3 Å². The Labute approximate surface area is 95.1 Å². The van der Waals surface area contributed by atoms with Gasteiger partial charge in [-0.3, -0.25) is 0 Å². The molecule has 0 aliphatic rings. The van der Waals surface area contributed by atoms with E-state index in [2.05, 4.69) is 25.8 Å². The molecule has 2 heterocycles. The normalized spacial score (nSPS) is 12.4. The molecule has 2 aromatic heterocycles. The van der Waals surface area contributed by atoms with E-state index < -0.39 is 0 Å². The summed E-state index contributed by atoms with van der Waals surface area (Å²) in [7, 11) is 0. The first-order valence-electron chi connectivity index (χ1n) is 5.46. The summed E-state index contributed by atoms with van der Waals surface area (Å²) < 4.78 is 15.3. The fourth-order valence-corrected chi connectivity index (χ4v) is 2.29. The molecule has 16 heavy (non-hydrogen) atoms. The second-order valence-electron chi connectivity index (χ2n) is 5.33. The van der Waals surface area contributed by atoms with Crippen LogP contribution in [0.3, 0.4) is 0 Å². The highest BCUT2D eigenvalue weighted by molar-refractivity contribution is 5.51. The van der Waals surface area contributed by atoms with Crippen molar-refractivity contribution in [1.82, 2.24) is 9.38 Å². The van der Waals surface area contributed by atoms with Crippen LogP contribution in [-0.2, 0) is 5.41 Å². The number of imidazole rings is 1. The molecule has 0 saturated heterocycles. The van der Waals surface area contributed by atoms with Crippen molar-refractivity contribution in [2.75, 3.05) is 0 Å². The summed E-state index contributed by atoms with van der Waals surface area (Å²) >= 11 is 0. The van der Waals surface area contributed by atoms with E-state index >= 15 is 0 Å². The lowest BCUT2D eigenvalue weighted by molar-refractivity contribution is 0.552. The Balaban J connectivity index is 2.89. The zero-order valence-electron chi connectivity index (χ0n) is 10.4. The molecule has 0 radical (unpaired) electrons. The van der Waals surface area contributed by atoms with Crippen LogP contribution in [0, 0.1) is 19.7 Å². The number of hydrogen-bond donors (Lipinski definition) is 0. The molecule has 0 aromatic carbocycles. The van der Waals surface area contributed by atoms with Crippen LogP contribution in [0.1, 0.15) is 37.7 Å². The average Bonchev–Trinajstić information content (AvgIpc) is 2.40. The van der Waals surface area contributed by atoms with E-state index in [1.807, 2.05) is 18.2 Å². The van der Waals surface area contributed by atoms with Crippen molar-refractivity contribution >= 4 is 5.65 Å². The van der Waals surface area contributed by atoms with Gasteiger partial charge in [0.2, 0.25) is 0 Å². The SMILES string of the molecule is Cc1nc2c(C)cc(F)cn2c1C(C)(C)C. The smallest absolute Gasteiger partial charge is 0.140 e. The van der Waals surface area contributed by atoms with Crippen LogP contribution >= 0.6 is 0 Å². The molecular weight excluding hydrogens is 203 g/mol. The van der Waals surface area contributed by atoms with E-state index in [-0.39, 0.29) is 11.2 Å². The standard InChI is InChI=1S/C13H17FN2/c1-8-6-10(14)7-16-11(13(3,4)5)9(2)15-12(8)16/h6-7H,1-5H3. The molecule has 0 aliphatic carbocycles. The van der Waals surface area contributed by atoms with Gasteiger partial charge in [0.25, 0.3) is 0 Å². The van der Waals surface area contributed by atoms with Gasteiger partial charge < -0.3 is 4.40 Å². The third-order valence-corrected chi connectivity index (χ3v) is 2.76. The van der Waals surface area contributed by atoms with Crippen LogP contribution in [0.5, 0.6) is 0 Å². The molecule has 0 bridgehead atoms. The number of rotatable bonds is 0. The molecule has 0 aliphatic heterocycles. The van der Waals surface area contributed by atoms with Crippen LogP contribution in [0.15, 0.2) is 12.3 Å². The first-order chi connectivity index (χ1) is 7.30. The molecule has 2 rings (SSSR count). The summed E-state index contributed by atoms with van der Waals surface area (Å²) in [5, 5.41) is 0. The number of fused-ring (bicyclic) bond motifs is 1. The van der Waals surface area contributed by atoms with Crippen molar-refractivity contribution in [3.63, 3.8) is 0 Å². The lowest BCUT2D eigenvalue weighted by atomic mass is 9.91. The first-order valence-corrected chi connectivity index (χ1v) is 5.46. The lowest BCUT2D eigenvalue weighted by Crippen LogP contribution is -2.16. The minimum Gasteiger partial charge on any atom is -0.300 e. The Morgan fingerprint density at radius 3 is 2.44 bits per heavy atom. The molecule has 0 fully saturated rings. The van der Waals surface area contributed by atoms with Crippen LogP contribution in [-0.4, -0.2) is 9.38 Å². The molecule has 0 N–H and O–H groups in total. The molecule has 0 spiro atoms. The number of hydrogen-bond acceptors (Lipinski definition) is 1. The highest BCUT2D eigenvalue weighted by Gasteiger charge is 2.22. The number of nitrogens with zero attached hydrogens (tertiary/aromatic N) is 2. The van der Waals surface area contributed by atoms with Gasteiger partial charge in [0, 0.05) is 11.6 Å². The third kappa shape index (κ3) is 1.60. The fraction of sp³-hybridized carbons (Fsp3) is 0.462. The second kappa shape index (κ2) is 3.30. The maximum atomic E-state index is 13.4. The van der Waals surface area contributed by atoms with Gasteiger partial charge in [-0.1, -0.05) is 20.8 Å². The Kier molecular flexibility index (Phi) is 2.30. The van der Waals surface area contributed by atoms with Crippen LogP contribution in [0.4, 0.5) is 4.39 Å². The number of aryl methyl sites for hydroxylation is 2. The summed E-state index contributed by atoms with van der Waals surface area (Å²) in [6.07, 6.45) is 1.52. The molecule has 0 saturated carbocycles. The molecule has 3 heteroatoms. The van der Waals surface area contributed by atoms with Gasteiger partial charge in [-0.15, -0.1) is 0 Å². The van der Waals surface area contributed by atoms with Gasteiger partial charge in [-0.05, 0) is 25.5 Å². The predicted molar refractivity (Wildman–Crippen MR) is 63.3 cm³/mol. The van der Waals surface area contributed by atoms with Gasteiger partial charge in [-0.25, -0.2) is 9.37 Å². The maximum absolute atomic E-state index is 13.4. The Bertz CT molecular complexity index is 547. The number of aromatic nitrogens is 2. The number of pyridine rings is 1. The predicted octanol–water partition coefficient (Wildman–Crippen LogP) is 3.39. The van der Waals surface area contributed by atoms with E-state index in [0.29, 0.717) is 0 Å². The van der Waals surface area contributed by atoms with Gasteiger partial charge in [0.15, 0.2) is 0 Å². The van der Waals surface area contributed by atoms with Crippen LogP contribution in [0.2, 0.25) is 0 Å². The Morgan fingerprint density at radius 1 is 1.25 bits per heavy atom. The molecule has 0 amide bonds. The molecule has 0 unspecified atom stereocenters. The summed E-state index contributed by atoms with van der Waals surface area (Å²) in [6, 6.07) is 1.52. The van der Waals surface area contributed by atoms with Gasteiger partial charge in [0.05, 0.1) is 11.4 Å². The Hall–Kier alpha value is -1.38. The van der Waals surface area contributed by atoms with Gasteiger partial charge >= 0.3 is 0 Å². The zero-order chi connectivity index (χ0) is 12.1. The summed E-state index contributed by atoms with van der Waals surface area (Å²) in [5.41, 5.74) is 3.73. The quantitative estimate of drug-likeness (QED) is 0.665. The van der Waals surface area contributed by atoms with E-state index in [4.69, 9.17) is 0 Å². The molecule has 0 atom stereocenters. The maximum Gasteiger partial charge on any atom is 0.140 e. The zero-order valence-corrected chi connectivity index (χ0v) is 10.4. The number of halogens is 1. The largest absolute Gasteiger partial charge is 0.300 e. The lowest BCUT2D eigenvalue weighted by Gasteiger charge is -2.19. The molecule has 2 aromatic rings. The van der Waals surface area contributed by atoms with Crippen molar-refractivity contribution < 1.29 is 4.39 Å². The average molecular weight is 220 g/mol. The second-order valence-corrected chi connectivity index (χ2v) is 5.33. The third-order valence-electron chi connectivity index (χ3n) is 2.76. The molecule has 2 nitrogen and oxygen atoms in total. The summed E-state index contributed by atoms with van der Waals surface area (Å²) in [5.74, 6) is -0.215. The summed E-state index contributed by atoms with van der Waals surface area (Å²) in [6.45, 7) is 10.2. The molecule has 86 valence electrons. The van der Waals surface area contributed by atoms with Gasteiger partial charge in [0.1, 0.15) is 11.5 Å². The minimum atomic E-state index is -0.215. The van der Waals surface area contributed by atoms with E-state index in [0.717, 1.165) is 22.6 Å². The molecular formula is C13H17FN2. The van der Waals surface area contributed by atoms with Crippen molar-refractivity contribution in [2.24, 2.45) is 0 Å². The highest BCUT2D eigenvalue weighted by atomic mass is 19.1. The van der Waals surface area contributed by atoms with E-state index in [1.165, 1.54) is 12.3 Å². The van der Waals surface area contributed by atoms with Crippen LogP contribution < -0.4 is 0 Å². The first kappa shape index (κ1) is 11.1. The van der Waals surface area contributed by atoms with E-state index in [9.17, 15) is 4.39 Å². The Morgan fingerprint density at radius 2 is 1.88 bits per heavy atom. The van der Waals surface area contributed by atoms with Crippen LogP contribution in [0.25, 0.3) is 5.65 Å². The van der Waals surface area contributed by atoms with Crippen molar-refractivity contribution in [1.29, 1.82) is 0 Å². The van der Waals surface area contributed by atoms with E-state index in [1.54, 1.807) is 0 Å². The van der Waals surface area contributed by atoms with Crippen molar-refractivity contribution in [3.05, 3.63) is 35.0 Å². The minimum absolute atomic E-state index is 0.0380.